The summed E-state index contributed by atoms with van der Waals surface area (Å²) >= 11 is 1.85. The van der Waals surface area contributed by atoms with Gasteiger partial charge in [0.1, 0.15) is 0 Å². The molecule has 0 spiro atoms. The minimum atomic E-state index is 0.00472. The second-order valence-corrected chi connectivity index (χ2v) is 5.43. The molecule has 2 nitrogen and oxygen atoms in total. The molecule has 0 bridgehead atoms. The van der Waals surface area contributed by atoms with E-state index >= 15 is 0 Å². The Kier molecular flexibility index (Phi) is 4.33. The smallest absolute Gasteiger partial charge is 0.0249 e. The number of rotatable bonds is 5. The lowest BCUT2D eigenvalue weighted by atomic mass is 9.67. The Labute approximate surface area is 86.3 Å². The zero-order valence-electron chi connectivity index (χ0n) is 9.40. The highest BCUT2D eigenvalue weighted by Crippen LogP contribution is 2.44. The first-order valence-electron chi connectivity index (χ1n) is 4.44. The zero-order valence-corrected chi connectivity index (χ0v) is 10.2. The largest absolute Gasteiger partial charge is 0.328 e. The van der Waals surface area contributed by atoms with Crippen LogP contribution in [0.25, 0.3) is 0 Å². The first-order valence-corrected chi connectivity index (χ1v) is 5.84. The maximum absolute atomic E-state index is 5.39. The van der Waals surface area contributed by atoms with Crippen LogP contribution in [-0.2, 0) is 0 Å². The second kappa shape index (κ2) is 4.38. The third-order valence-electron chi connectivity index (χ3n) is 3.13. The van der Waals surface area contributed by atoms with Crippen LogP contribution in [0.3, 0.4) is 0 Å². The summed E-state index contributed by atoms with van der Waals surface area (Å²) in [6, 6.07) is 0. The summed E-state index contributed by atoms with van der Waals surface area (Å²) in [5.41, 5.74) is 3.76. The van der Waals surface area contributed by atoms with Crippen LogP contribution in [0.2, 0.25) is 0 Å². The van der Waals surface area contributed by atoms with E-state index in [1.54, 1.807) is 0 Å². The van der Waals surface area contributed by atoms with Crippen molar-refractivity contribution in [2.45, 2.75) is 27.7 Å². The van der Waals surface area contributed by atoms with Crippen molar-refractivity contribution >= 4 is 11.8 Å². The van der Waals surface area contributed by atoms with E-state index in [4.69, 9.17) is 5.84 Å². The lowest BCUT2D eigenvalue weighted by molar-refractivity contribution is 0.174. The molecule has 0 radical (unpaired) electrons. The highest BCUT2D eigenvalue weighted by molar-refractivity contribution is 7.98. The van der Waals surface area contributed by atoms with Gasteiger partial charge in [-0.15, -0.1) is 0 Å². The van der Waals surface area contributed by atoms with Gasteiger partial charge in [0.2, 0.25) is 0 Å². The average molecular weight is 202 g/mol. The molecule has 0 heterocycles. The van der Waals surface area contributed by atoms with Gasteiger partial charge in [0.05, 0.1) is 0 Å². The molecule has 3 heteroatoms. The molecule has 0 unspecified atom stereocenters. The monoisotopic (exact) mass is 202 g/mol. The Bertz CT molecular complexity index is 185. The maximum atomic E-state index is 5.39. The van der Waals surface area contributed by atoms with Crippen LogP contribution in [0, 0.1) is 10.8 Å². The number of allylic oxidation sites excluding steroid dienone is 1. The van der Waals surface area contributed by atoms with Gasteiger partial charge in [-0.2, -0.15) is 11.8 Å². The fraction of sp³-hybridized carbons (Fsp3) is 0.800. The maximum Gasteiger partial charge on any atom is 0.0249 e. The molecule has 0 saturated carbocycles. The SMILES string of the molecule is C=C(NN)C(C)(C)C(C)(C)CSC. The lowest BCUT2D eigenvalue weighted by Crippen LogP contribution is -2.42. The molecule has 0 aromatic heterocycles. The van der Waals surface area contributed by atoms with Gasteiger partial charge in [-0.3, -0.25) is 5.84 Å². The Morgan fingerprint density at radius 1 is 1.38 bits per heavy atom. The molecular weight excluding hydrogens is 180 g/mol. The van der Waals surface area contributed by atoms with Crippen molar-refractivity contribution < 1.29 is 0 Å². The van der Waals surface area contributed by atoms with E-state index < -0.39 is 0 Å². The van der Waals surface area contributed by atoms with Crippen molar-refractivity contribution in [2.24, 2.45) is 16.7 Å². The molecule has 3 N–H and O–H groups in total. The number of hydrazine groups is 1. The van der Waals surface area contributed by atoms with Gasteiger partial charge < -0.3 is 5.43 Å². The first-order chi connectivity index (χ1) is 5.79. The summed E-state index contributed by atoms with van der Waals surface area (Å²) < 4.78 is 0. The fourth-order valence-corrected chi connectivity index (χ4v) is 2.21. The van der Waals surface area contributed by atoms with Crippen LogP contribution in [-0.4, -0.2) is 12.0 Å². The molecule has 13 heavy (non-hydrogen) atoms. The first kappa shape index (κ1) is 12.8. The summed E-state index contributed by atoms with van der Waals surface area (Å²) in [6.45, 7) is 12.8. The number of nitrogens with two attached hydrogens (primary N) is 1. The third-order valence-corrected chi connectivity index (χ3v) is 4.14. The fourth-order valence-electron chi connectivity index (χ4n) is 1.13. The minimum Gasteiger partial charge on any atom is -0.328 e. The van der Waals surface area contributed by atoms with Crippen LogP contribution in [0.4, 0.5) is 0 Å². The lowest BCUT2D eigenvalue weighted by Gasteiger charge is -2.42. The number of nitrogens with one attached hydrogen (secondary N) is 1. The van der Waals surface area contributed by atoms with E-state index in [0.717, 1.165) is 11.4 Å². The highest BCUT2D eigenvalue weighted by Gasteiger charge is 2.38. The van der Waals surface area contributed by atoms with Gasteiger partial charge in [-0.1, -0.05) is 34.3 Å². The van der Waals surface area contributed by atoms with Crippen LogP contribution in [0.5, 0.6) is 0 Å². The van der Waals surface area contributed by atoms with Crippen molar-refractivity contribution in [3.05, 3.63) is 12.3 Å². The Hall–Kier alpha value is -0.150. The van der Waals surface area contributed by atoms with Crippen molar-refractivity contribution in [2.75, 3.05) is 12.0 Å². The van der Waals surface area contributed by atoms with Gasteiger partial charge in [-0.25, -0.2) is 0 Å². The number of hydrogen-bond acceptors (Lipinski definition) is 3. The highest BCUT2D eigenvalue weighted by atomic mass is 32.2. The molecule has 0 aliphatic carbocycles. The van der Waals surface area contributed by atoms with Crippen LogP contribution >= 0.6 is 11.8 Å². The normalized spacial score (nSPS) is 12.8. The third kappa shape index (κ3) is 2.64. The summed E-state index contributed by atoms with van der Waals surface area (Å²) in [4.78, 5) is 0. The number of hydrogen-bond donors (Lipinski definition) is 2. The van der Waals surface area contributed by atoms with Crippen LogP contribution in [0.15, 0.2) is 12.3 Å². The molecule has 0 aliphatic rings. The summed E-state index contributed by atoms with van der Waals surface area (Å²) in [5.74, 6) is 6.49. The molecule has 0 fully saturated rings. The standard InChI is InChI=1S/C10H22N2S/c1-8(12-11)10(4,5)9(2,3)7-13-6/h12H,1,7,11H2,2-6H3. The average Bonchev–Trinajstić information content (AvgIpc) is 2.02. The molecule has 0 saturated heterocycles. The van der Waals surface area contributed by atoms with E-state index in [9.17, 15) is 0 Å². The van der Waals surface area contributed by atoms with Crippen molar-refractivity contribution in [3.8, 4) is 0 Å². The predicted molar refractivity (Wildman–Crippen MR) is 62.4 cm³/mol. The topological polar surface area (TPSA) is 38.0 Å². The van der Waals surface area contributed by atoms with E-state index in [2.05, 4.69) is 46.0 Å². The molecule has 0 aliphatic heterocycles. The molecule has 0 atom stereocenters. The summed E-state index contributed by atoms with van der Waals surface area (Å²) in [6.07, 6.45) is 2.12. The zero-order chi connectivity index (χ0) is 10.7. The minimum absolute atomic E-state index is 0.00472. The van der Waals surface area contributed by atoms with Crippen molar-refractivity contribution in [3.63, 3.8) is 0 Å². The van der Waals surface area contributed by atoms with Gasteiger partial charge >= 0.3 is 0 Å². The molecule has 0 aromatic rings. The van der Waals surface area contributed by atoms with Crippen molar-refractivity contribution in [1.82, 2.24) is 5.43 Å². The molecule has 0 rings (SSSR count). The molecular formula is C10H22N2S. The van der Waals surface area contributed by atoms with Gasteiger partial charge in [0.15, 0.2) is 0 Å². The van der Waals surface area contributed by atoms with E-state index in [1.807, 2.05) is 11.8 Å². The second-order valence-electron chi connectivity index (χ2n) is 4.56. The quantitative estimate of drug-likeness (QED) is 0.531. The molecule has 0 amide bonds. The van der Waals surface area contributed by atoms with Gasteiger partial charge in [-0.05, 0) is 17.4 Å². The van der Waals surface area contributed by atoms with Gasteiger partial charge in [0.25, 0.3) is 0 Å². The summed E-state index contributed by atoms with van der Waals surface area (Å²) in [7, 11) is 0. The summed E-state index contributed by atoms with van der Waals surface area (Å²) in [5, 5.41) is 0. The number of thioether (sulfide) groups is 1. The van der Waals surface area contributed by atoms with Gasteiger partial charge in [0, 0.05) is 11.1 Å². The molecule has 78 valence electrons. The van der Waals surface area contributed by atoms with E-state index in [-0.39, 0.29) is 10.8 Å². The van der Waals surface area contributed by atoms with Crippen LogP contribution in [0.1, 0.15) is 27.7 Å². The Morgan fingerprint density at radius 3 is 2.15 bits per heavy atom. The Morgan fingerprint density at radius 2 is 1.85 bits per heavy atom. The van der Waals surface area contributed by atoms with Crippen LogP contribution < -0.4 is 11.3 Å². The molecule has 0 aromatic carbocycles. The Balaban J connectivity index is 4.69. The van der Waals surface area contributed by atoms with E-state index in [1.165, 1.54) is 0 Å². The van der Waals surface area contributed by atoms with E-state index in [0.29, 0.717) is 0 Å². The predicted octanol–water partition coefficient (Wildman–Crippen LogP) is 2.38. The van der Waals surface area contributed by atoms with Crippen molar-refractivity contribution in [1.29, 1.82) is 0 Å².